The predicted molar refractivity (Wildman–Crippen MR) is 77.1 cm³/mol. The van der Waals surface area contributed by atoms with Crippen LogP contribution < -0.4 is 0 Å². The summed E-state index contributed by atoms with van der Waals surface area (Å²) < 4.78 is 33.9. The smallest absolute Gasteiger partial charge is 0.308 e. The van der Waals surface area contributed by atoms with Gasteiger partial charge in [-0.05, 0) is 33.6 Å². The molecule has 122 valence electrons. The van der Waals surface area contributed by atoms with Crippen LogP contribution in [-0.2, 0) is 19.7 Å². The number of rotatable bonds is 3. The van der Waals surface area contributed by atoms with E-state index in [1.165, 1.54) is 8.61 Å². The van der Waals surface area contributed by atoms with E-state index < -0.39 is 33.7 Å². The number of carbonyl (C=O) groups is 1. The monoisotopic (exact) mass is 320 g/mol. The molecule has 8 heteroatoms. The molecule has 0 bridgehead atoms. The van der Waals surface area contributed by atoms with Crippen molar-refractivity contribution in [1.29, 1.82) is 0 Å². The van der Waals surface area contributed by atoms with Gasteiger partial charge in [0, 0.05) is 25.7 Å². The molecule has 2 fully saturated rings. The Morgan fingerprint density at radius 1 is 1.33 bits per heavy atom. The zero-order valence-electron chi connectivity index (χ0n) is 12.8. The van der Waals surface area contributed by atoms with Crippen molar-refractivity contribution in [3.8, 4) is 0 Å². The van der Waals surface area contributed by atoms with Crippen LogP contribution in [0.25, 0.3) is 0 Å². The van der Waals surface area contributed by atoms with Crippen molar-refractivity contribution < 1.29 is 23.1 Å². The Hall–Kier alpha value is -0.700. The van der Waals surface area contributed by atoms with Crippen LogP contribution in [0.3, 0.4) is 0 Å². The summed E-state index contributed by atoms with van der Waals surface area (Å²) in [4.78, 5) is 11.3. The van der Waals surface area contributed by atoms with Gasteiger partial charge in [0.2, 0.25) is 0 Å². The lowest BCUT2D eigenvalue weighted by molar-refractivity contribution is -0.144. The molecule has 1 N–H and O–H groups in total. The molecule has 0 aromatic heterocycles. The molecule has 0 radical (unpaired) electrons. The second-order valence-corrected chi connectivity index (χ2v) is 8.27. The number of morpholine rings is 1. The Labute approximate surface area is 126 Å². The van der Waals surface area contributed by atoms with E-state index in [1.807, 2.05) is 13.8 Å². The number of hydrogen-bond donors (Lipinski definition) is 1. The van der Waals surface area contributed by atoms with Crippen LogP contribution in [-0.4, -0.2) is 66.0 Å². The molecule has 2 atom stereocenters. The fourth-order valence-corrected chi connectivity index (χ4v) is 5.09. The molecule has 0 amide bonds. The van der Waals surface area contributed by atoms with Gasteiger partial charge in [0.25, 0.3) is 10.2 Å². The molecule has 2 heterocycles. The maximum absolute atomic E-state index is 12.8. The highest BCUT2D eigenvalue weighted by Gasteiger charge is 2.43. The number of aliphatic carboxylic acids is 1. The first-order valence-electron chi connectivity index (χ1n) is 7.29. The first kappa shape index (κ1) is 16.7. The van der Waals surface area contributed by atoms with E-state index in [1.54, 1.807) is 6.92 Å². The van der Waals surface area contributed by atoms with Gasteiger partial charge in [0.05, 0.1) is 18.1 Å². The second kappa shape index (κ2) is 5.83. The first-order chi connectivity index (χ1) is 9.65. The van der Waals surface area contributed by atoms with Crippen LogP contribution in [0, 0.1) is 5.92 Å². The molecule has 0 aromatic rings. The number of carboxylic acid groups (broad SMARTS) is 1. The molecule has 2 aliphatic heterocycles. The maximum Gasteiger partial charge on any atom is 0.308 e. The lowest BCUT2D eigenvalue weighted by atomic mass is 9.92. The van der Waals surface area contributed by atoms with Crippen molar-refractivity contribution in [2.75, 3.05) is 26.2 Å². The van der Waals surface area contributed by atoms with Gasteiger partial charge in [0.1, 0.15) is 0 Å². The van der Waals surface area contributed by atoms with Crippen molar-refractivity contribution in [3.05, 3.63) is 0 Å². The number of ether oxygens (including phenoxy) is 1. The minimum Gasteiger partial charge on any atom is -0.481 e. The summed E-state index contributed by atoms with van der Waals surface area (Å²) in [6, 6.07) is -0.521. The lowest BCUT2D eigenvalue weighted by Gasteiger charge is -2.43. The van der Waals surface area contributed by atoms with E-state index >= 15 is 0 Å². The minimum absolute atomic E-state index is 0.288. The van der Waals surface area contributed by atoms with Crippen LogP contribution in [0.5, 0.6) is 0 Å². The summed E-state index contributed by atoms with van der Waals surface area (Å²) in [6.07, 6.45) is 1.10. The van der Waals surface area contributed by atoms with E-state index in [-0.39, 0.29) is 6.54 Å². The van der Waals surface area contributed by atoms with Crippen LogP contribution >= 0.6 is 0 Å². The quantitative estimate of drug-likeness (QED) is 0.819. The van der Waals surface area contributed by atoms with Gasteiger partial charge in [-0.3, -0.25) is 4.79 Å². The van der Waals surface area contributed by atoms with E-state index in [0.29, 0.717) is 32.5 Å². The van der Waals surface area contributed by atoms with Crippen molar-refractivity contribution in [1.82, 2.24) is 8.61 Å². The molecule has 2 rings (SSSR count). The molecule has 2 aliphatic rings. The zero-order chi connectivity index (χ0) is 15.8. The Bertz CT molecular complexity index is 505. The molecular weight excluding hydrogens is 296 g/mol. The van der Waals surface area contributed by atoms with Gasteiger partial charge in [-0.15, -0.1) is 0 Å². The Morgan fingerprint density at radius 3 is 2.57 bits per heavy atom. The van der Waals surface area contributed by atoms with Gasteiger partial charge in [-0.1, -0.05) is 0 Å². The molecule has 0 aliphatic carbocycles. The van der Waals surface area contributed by atoms with Gasteiger partial charge in [0.15, 0.2) is 0 Å². The average molecular weight is 320 g/mol. The molecular formula is C13H24N2O5S. The van der Waals surface area contributed by atoms with E-state index in [0.717, 1.165) is 0 Å². The van der Waals surface area contributed by atoms with E-state index in [2.05, 4.69) is 0 Å². The summed E-state index contributed by atoms with van der Waals surface area (Å²) in [5.41, 5.74) is -0.517. The SMILES string of the molecule is C[C@@H]1[C@H](C(=O)O)CCCN1S(=O)(=O)N1CCOC(C)(C)C1. The van der Waals surface area contributed by atoms with Crippen LogP contribution in [0.15, 0.2) is 0 Å². The van der Waals surface area contributed by atoms with Crippen LogP contribution in [0.1, 0.15) is 33.6 Å². The Morgan fingerprint density at radius 2 is 2.00 bits per heavy atom. The number of hydrogen-bond acceptors (Lipinski definition) is 4. The molecule has 0 aromatic carbocycles. The minimum atomic E-state index is -3.65. The average Bonchev–Trinajstić information content (AvgIpc) is 2.37. The topological polar surface area (TPSA) is 87.2 Å². The van der Waals surface area contributed by atoms with Gasteiger partial charge >= 0.3 is 5.97 Å². The number of carboxylic acids is 1. The zero-order valence-corrected chi connectivity index (χ0v) is 13.6. The normalized spacial score (nSPS) is 32.0. The maximum atomic E-state index is 12.8. The second-order valence-electron chi connectivity index (χ2n) is 6.39. The van der Waals surface area contributed by atoms with Gasteiger partial charge in [-0.25, -0.2) is 0 Å². The largest absolute Gasteiger partial charge is 0.481 e. The lowest BCUT2D eigenvalue weighted by Crippen LogP contribution is -2.58. The number of nitrogens with zero attached hydrogens (tertiary/aromatic N) is 2. The predicted octanol–water partition coefficient (Wildman–Crippen LogP) is 0.527. The highest BCUT2D eigenvalue weighted by atomic mass is 32.2. The van der Waals surface area contributed by atoms with Gasteiger partial charge < -0.3 is 9.84 Å². The Balaban J connectivity index is 2.20. The summed E-state index contributed by atoms with van der Waals surface area (Å²) in [5.74, 6) is -1.56. The summed E-state index contributed by atoms with van der Waals surface area (Å²) in [7, 11) is -3.65. The van der Waals surface area contributed by atoms with Crippen molar-refractivity contribution in [3.63, 3.8) is 0 Å². The fourth-order valence-electron chi connectivity index (χ4n) is 3.09. The van der Waals surface area contributed by atoms with Gasteiger partial charge in [-0.2, -0.15) is 17.0 Å². The summed E-state index contributed by atoms with van der Waals surface area (Å²) >= 11 is 0. The third-order valence-corrected chi connectivity index (χ3v) is 6.33. The third-order valence-electron chi connectivity index (χ3n) is 4.26. The molecule has 0 spiro atoms. The van der Waals surface area contributed by atoms with E-state index in [9.17, 15) is 18.3 Å². The standard InChI is InChI=1S/C13H24N2O5S/c1-10-11(12(16)17)5-4-6-15(10)21(18,19)14-7-8-20-13(2,3)9-14/h10-11H,4-9H2,1-3H3,(H,16,17)/t10-,11-/m1/s1. The van der Waals surface area contributed by atoms with Crippen molar-refractivity contribution in [2.45, 2.75) is 45.3 Å². The summed E-state index contributed by atoms with van der Waals surface area (Å²) in [5, 5.41) is 9.23. The highest BCUT2D eigenvalue weighted by Crippen LogP contribution is 2.29. The molecule has 0 unspecified atom stereocenters. The van der Waals surface area contributed by atoms with Crippen LogP contribution in [0.4, 0.5) is 0 Å². The molecule has 2 saturated heterocycles. The van der Waals surface area contributed by atoms with Crippen molar-refractivity contribution >= 4 is 16.2 Å². The summed E-state index contributed by atoms with van der Waals surface area (Å²) in [6.45, 7) is 6.73. The highest BCUT2D eigenvalue weighted by molar-refractivity contribution is 7.86. The van der Waals surface area contributed by atoms with Crippen molar-refractivity contribution in [2.24, 2.45) is 5.92 Å². The molecule has 0 saturated carbocycles. The van der Waals surface area contributed by atoms with Crippen LogP contribution in [0.2, 0.25) is 0 Å². The molecule has 21 heavy (non-hydrogen) atoms. The Kier molecular flexibility index (Phi) is 4.63. The fraction of sp³-hybridized carbons (Fsp3) is 0.923. The molecule has 7 nitrogen and oxygen atoms in total. The van der Waals surface area contributed by atoms with E-state index in [4.69, 9.17) is 4.74 Å². The number of piperidine rings is 1. The third kappa shape index (κ3) is 3.39. The first-order valence-corrected chi connectivity index (χ1v) is 8.68.